The zero-order valence-corrected chi connectivity index (χ0v) is 16.5. The molecule has 0 heterocycles. The summed E-state index contributed by atoms with van der Waals surface area (Å²) in [6, 6.07) is 22.2. The molecule has 0 radical (unpaired) electrons. The largest absolute Gasteiger partial charge is 0.453 e. The summed E-state index contributed by atoms with van der Waals surface area (Å²) < 4.78 is 41.7. The van der Waals surface area contributed by atoms with Gasteiger partial charge in [-0.1, -0.05) is 60.7 Å². The number of fused-ring (bicyclic) bond motifs is 2. The summed E-state index contributed by atoms with van der Waals surface area (Å²) in [5.41, 5.74) is -0.580. The summed E-state index contributed by atoms with van der Waals surface area (Å²) in [6.07, 6.45) is 0. The zero-order chi connectivity index (χ0) is 22.2. The minimum atomic E-state index is -1.42. The van der Waals surface area contributed by atoms with Gasteiger partial charge >= 0.3 is 0 Å². The van der Waals surface area contributed by atoms with E-state index in [1.807, 2.05) is 0 Å². The van der Waals surface area contributed by atoms with Gasteiger partial charge in [0.05, 0.1) is 11.1 Å². The van der Waals surface area contributed by atoms with Crippen LogP contribution in [0.3, 0.4) is 0 Å². The van der Waals surface area contributed by atoms with Gasteiger partial charge in [-0.05, 0) is 24.3 Å². The molecule has 0 fully saturated rings. The van der Waals surface area contributed by atoms with Crippen LogP contribution in [-0.2, 0) is 0 Å². The highest BCUT2D eigenvalue weighted by Crippen LogP contribution is 2.45. The van der Waals surface area contributed by atoms with Gasteiger partial charge in [0.2, 0.25) is 11.6 Å². The number of halogens is 2. The van der Waals surface area contributed by atoms with Gasteiger partial charge in [-0.3, -0.25) is 9.59 Å². The van der Waals surface area contributed by atoms with Crippen molar-refractivity contribution in [1.29, 1.82) is 0 Å². The smallest absolute Gasteiger partial charge is 0.205 e. The Bertz CT molecular complexity index is 1260. The molecule has 6 heteroatoms. The Balaban J connectivity index is 1.78. The average molecular weight is 428 g/mol. The van der Waals surface area contributed by atoms with Crippen LogP contribution < -0.4 is 9.47 Å². The third-order valence-corrected chi connectivity index (χ3v) is 5.09. The Morgan fingerprint density at radius 2 is 0.844 bits per heavy atom. The fourth-order valence-corrected chi connectivity index (χ4v) is 3.63. The van der Waals surface area contributed by atoms with E-state index in [4.69, 9.17) is 9.47 Å². The topological polar surface area (TPSA) is 52.6 Å². The summed E-state index contributed by atoms with van der Waals surface area (Å²) in [6.45, 7) is 0. The average Bonchev–Trinajstić information content (AvgIpc) is 2.83. The van der Waals surface area contributed by atoms with E-state index in [0.29, 0.717) is 0 Å². The molecule has 1 aliphatic rings. The number of carbonyl (C=O) groups is 2. The standard InChI is InChI=1S/C26H14F2O4/c27-21-22(28)26(32-16-11-5-2-6-12-16)20-19(25(21)31-15-9-3-1-4-10-15)23(29)17-13-7-8-14-18(17)24(20)30/h1-14H. The monoisotopic (exact) mass is 428 g/mol. The van der Waals surface area contributed by atoms with Gasteiger partial charge in [0.15, 0.2) is 23.1 Å². The highest BCUT2D eigenvalue weighted by atomic mass is 19.2. The predicted molar refractivity (Wildman–Crippen MR) is 113 cm³/mol. The normalized spacial score (nSPS) is 12.2. The lowest BCUT2D eigenvalue weighted by Crippen LogP contribution is -2.24. The molecule has 4 aromatic rings. The van der Waals surface area contributed by atoms with Gasteiger partial charge in [-0.25, -0.2) is 0 Å². The van der Waals surface area contributed by atoms with Gasteiger partial charge in [0.25, 0.3) is 0 Å². The minimum absolute atomic E-state index is 0.0829. The highest BCUT2D eigenvalue weighted by molar-refractivity contribution is 6.30. The number of carbonyl (C=O) groups excluding carboxylic acids is 2. The Labute approximate surface area is 181 Å². The molecule has 1 aliphatic carbocycles. The van der Waals surface area contributed by atoms with Crippen LogP contribution in [0.4, 0.5) is 8.78 Å². The van der Waals surface area contributed by atoms with Crippen LogP contribution in [0.1, 0.15) is 31.8 Å². The van der Waals surface area contributed by atoms with E-state index in [2.05, 4.69) is 0 Å². The van der Waals surface area contributed by atoms with Crippen molar-refractivity contribution in [2.75, 3.05) is 0 Å². The second-order valence-corrected chi connectivity index (χ2v) is 7.07. The molecule has 0 spiro atoms. The second-order valence-electron chi connectivity index (χ2n) is 7.07. The van der Waals surface area contributed by atoms with Crippen LogP contribution in [0.25, 0.3) is 0 Å². The summed E-state index contributed by atoms with van der Waals surface area (Å²) in [5.74, 6) is -5.09. The van der Waals surface area contributed by atoms with Crippen LogP contribution in [-0.4, -0.2) is 11.6 Å². The molecule has 0 amide bonds. The maximum Gasteiger partial charge on any atom is 0.205 e. The van der Waals surface area contributed by atoms with Gasteiger partial charge in [-0.15, -0.1) is 0 Å². The van der Waals surface area contributed by atoms with Crippen molar-refractivity contribution >= 4 is 11.6 Å². The number of hydrogen-bond acceptors (Lipinski definition) is 4. The SMILES string of the molecule is O=C1c2ccccc2C(=O)c2c(Oc3ccccc3)c(F)c(F)c(Oc3ccccc3)c21. The van der Waals surface area contributed by atoms with Crippen LogP contribution in [0, 0.1) is 11.6 Å². The molecule has 0 bridgehead atoms. The van der Waals surface area contributed by atoms with Crippen molar-refractivity contribution in [3.05, 3.63) is 119 Å². The van der Waals surface area contributed by atoms with Crippen LogP contribution in [0.2, 0.25) is 0 Å². The lowest BCUT2D eigenvalue weighted by molar-refractivity contribution is 0.0973. The molecule has 5 rings (SSSR count). The van der Waals surface area contributed by atoms with Gasteiger partial charge in [-0.2, -0.15) is 8.78 Å². The quantitative estimate of drug-likeness (QED) is 0.336. The fraction of sp³-hybridized carbons (Fsp3) is 0. The fourth-order valence-electron chi connectivity index (χ4n) is 3.63. The maximum absolute atomic E-state index is 15.3. The van der Waals surface area contributed by atoms with E-state index in [0.717, 1.165) is 0 Å². The lowest BCUT2D eigenvalue weighted by Gasteiger charge is -2.23. The lowest BCUT2D eigenvalue weighted by atomic mass is 9.82. The first-order valence-corrected chi connectivity index (χ1v) is 9.75. The predicted octanol–water partition coefficient (Wildman–Crippen LogP) is 6.32. The Morgan fingerprint density at radius 1 is 0.500 bits per heavy atom. The summed E-state index contributed by atoms with van der Waals surface area (Å²) in [4.78, 5) is 26.7. The molecule has 0 saturated carbocycles. The zero-order valence-electron chi connectivity index (χ0n) is 16.5. The molecule has 32 heavy (non-hydrogen) atoms. The number of hydrogen-bond donors (Lipinski definition) is 0. The number of benzene rings is 4. The van der Waals surface area contributed by atoms with E-state index in [1.165, 1.54) is 36.4 Å². The third-order valence-electron chi connectivity index (χ3n) is 5.09. The molecule has 4 aromatic carbocycles. The molecule has 0 atom stereocenters. The van der Waals surface area contributed by atoms with E-state index in [9.17, 15) is 9.59 Å². The van der Waals surface area contributed by atoms with E-state index in [-0.39, 0.29) is 33.8 Å². The van der Waals surface area contributed by atoms with E-state index >= 15 is 8.78 Å². The van der Waals surface area contributed by atoms with E-state index in [1.54, 1.807) is 48.5 Å². The first-order chi connectivity index (χ1) is 15.6. The van der Waals surface area contributed by atoms with Crippen LogP contribution in [0.15, 0.2) is 84.9 Å². The number of para-hydroxylation sites is 2. The molecule has 156 valence electrons. The summed E-state index contributed by atoms with van der Waals surface area (Å²) in [5, 5.41) is 0. The number of ketones is 2. The van der Waals surface area contributed by atoms with Gasteiger partial charge < -0.3 is 9.47 Å². The molecule has 0 N–H and O–H groups in total. The number of ether oxygens (including phenoxy) is 2. The molecular formula is C26H14F2O4. The minimum Gasteiger partial charge on any atom is -0.453 e. The van der Waals surface area contributed by atoms with Crippen molar-refractivity contribution in [2.45, 2.75) is 0 Å². The summed E-state index contributed by atoms with van der Waals surface area (Å²) >= 11 is 0. The van der Waals surface area contributed by atoms with Gasteiger partial charge in [0.1, 0.15) is 11.5 Å². The van der Waals surface area contributed by atoms with Crippen molar-refractivity contribution in [3.63, 3.8) is 0 Å². The first-order valence-electron chi connectivity index (χ1n) is 9.75. The van der Waals surface area contributed by atoms with Crippen LogP contribution in [0.5, 0.6) is 23.0 Å². The highest BCUT2D eigenvalue weighted by Gasteiger charge is 2.40. The second kappa shape index (κ2) is 7.74. The van der Waals surface area contributed by atoms with Crippen molar-refractivity contribution in [3.8, 4) is 23.0 Å². The Hall–Kier alpha value is -4.32. The molecule has 0 unspecified atom stereocenters. The van der Waals surface area contributed by atoms with Crippen molar-refractivity contribution in [1.82, 2.24) is 0 Å². The molecular weight excluding hydrogens is 414 g/mol. The maximum atomic E-state index is 15.3. The molecule has 4 nitrogen and oxygen atoms in total. The molecule has 0 aromatic heterocycles. The van der Waals surface area contributed by atoms with Crippen molar-refractivity contribution in [2.24, 2.45) is 0 Å². The molecule has 0 aliphatic heterocycles. The Kier molecular flexibility index (Phi) is 4.75. The van der Waals surface area contributed by atoms with Gasteiger partial charge in [0, 0.05) is 11.1 Å². The van der Waals surface area contributed by atoms with Crippen LogP contribution >= 0.6 is 0 Å². The Morgan fingerprint density at radius 3 is 1.22 bits per heavy atom. The number of rotatable bonds is 4. The third kappa shape index (κ3) is 3.13. The first kappa shape index (κ1) is 19.6. The summed E-state index contributed by atoms with van der Waals surface area (Å²) in [7, 11) is 0. The molecule has 0 saturated heterocycles. The van der Waals surface area contributed by atoms with Crippen molar-refractivity contribution < 1.29 is 27.8 Å². The van der Waals surface area contributed by atoms with E-state index < -0.39 is 34.7 Å².